The average molecular weight is 586 g/mol. The van der Waals surface area contributed by atoms with Crippen molar-refractivity contribution < 1.29 is 24.0 Å². The predicted molar refractivity (Wildman–Crippen MR) is 135 cm³/mol. The van der Waals surface area contributed by atoms with Gasteiger partial charge >= 0.3 is 5.97 Å². The minimum absolute atomic E-state index is 0.152. The Labute approximate surface area is 211 Å². The molecule has 1 aliphatic rings. The minimum atomic E-state index is -0.544. The van der Waals surface area contributed by atoms with Crippen LogP contribution in [-0.2, 0) is 11.3 Å². The lowest BCUT2D eigenvalue weighted by Crippen LogP contribution is -2.27. The molecule has 1 saturated heterocycles. The van der Waals surface area contributed by atoms with Crippen molar-refractivity contribution in [1.29, 1.82) is 0 Å². The van der Waals surface area contributed by atoms with Gasteiger partial charge in [0.25, 0.3) is 16.8 Å². The van der Waals surface area contributed by atoms with Crippen molar-refractivity contribution in [3.8, 4) is 5.75 Å². The van der Waals surface area contributed by atoms with Crippen LogP contribution in [0.2, 0.25) is 0 Å². The normalized spacial score (nSPS) is 14.5. The number of benzene rings is 3. The molecule has 170 valence electrons. The van der Waals surface area contributed by atoms with Crippen LogP contribution in [-0.4, -0.2) is 26.9 Å². The fourth-order valence-corrected chi connectivity index (χ4v) is 4.65. The molecular formula is C24H15IN2O6S. The zero-order valence-electron chi connectivity index (χ0n) is 17.3. The molecule has 0 aliphatic carbocycles. The molecule has 4 rings (SSSR count). The van der Waals surface area contributed by atoms with Gasteiger partial charge in [0, 0.05) is 15.2 Å². The highest BCUT2D eigenvalue weighted by Gasteiger charge is 2.36. The second kappa shape index (κ2) is 10.2. The molecule has 3 aromatic rings. The average Bonchev–Trinajstić information content (AvgIpc) is 3.08. The Morgan fingerprint density at radius 1 is 1.03 bits per heavy atom. The quantitative estimate of drug-likeness (QED) is 0.0917. The van der Waals surface area contributed by atoms with E-state index in [1.807, 2.05) is 12.1 Å². The van der Waals surface area contributed by atoms with E-state index in [-0.39, 0.29) is 22.7 Å². The summed E-state index contributed by atoms with van der Waals surface area (Å²) in [5.74, 6) is -0.664. The summed E-state index contributed by atoms with van der Waals surface area (Å²) in [5.41, 5.74) is 1.21. The zero-order valence-corrected chi connectivity index (χ0v) is 20.3. The molecule has 34 heavy (non-hydrogen) atoms. The molecule has 0 spiro atoms. The summed E-state index contributed by atoms with van der Waals surface area (Å²) in [6.45, 7) is -0.188. The molecule has 0 N–H and O–H groups in total. The van der Waals surface area contributed by atoms with Gasteiger partial charge in [0.2, 0.25) is 0 Å². The molecule has 1 fully saturated rings. The monoisotopic (exact) mass is 586 g/mol. The molecule has 2 amide bonds. The zero-order chi connectivity index (χ0) is 24.2. The first kappa shape index (κ1) is 23.6. The highest BCUT2D eigenvalue weighted by molar-refractivity contribution is 14.1. The van der Waals surface area contributed by atoms with Crippen LogP contribution in [0.1, 0.15) is 21.5 Å². The van der Waals surface area contributed by atoms with E-state index in [4.69, 9.17) is 4.74 Å². The van der Waals surface area contributed by atoms with E-state index in [0.29, 0.717) is 16.9 Å². The first-order valence-corrected chi connectivity index (χ1v) is 11.8. The summed E-state index contributed by atoms with van der Waals surface area (Å²) in [4.78, 5) is 49.4. The van der Waals surface area contributed by atoms with Crippen LogP contribution in [0.4, 0.5) is 10.5 Å². The molecule has 1 aliphatic heterocycles. The van der Waals surface area contributed by atoms with Gasteiger partial charge in [-0.3, -0.25) is 24.6 Å². The standard InChI is InChI=1S/C24H15IN2O6S/c25-19-7-3-2-6-18(19)23(29)33-17-11-9-15(10-12-17)13-21-22(28)26(24(30)34-21)14-16-5-1-4-8-20(16)27(31)32/h1-13H,14H2/b21-13-. The third-order valence-corrected chi connectivity index (χ3v) is 6.72. The first-order valence-electron chi connectivity index (χ1n) is 9.88. The van der Waals surface area contributed by atoms with Crippen LogP contribution >= 0.6 is 34.4 Å². The van der Waals surface area contributed by atoms with E-state index in [1.54, 1.807) is 48.5 Å². The van der Waals surface area contributed by atoms with E-state index < -0.39 is 22.0 Å². The Morgan fingerprint density at radius 2 is 1.71 bits per heavy atom. The van der Waals surface area contributed by atoms with Crippen molar-refractivity contribution in [2.75, 3.05) is 0 Å². The number of imide groups is 1. The molecular weight excluding hydrogens is 571 g/mol. The van der Waals surface area contributed by atoms with Gasteiger partial charge in [0.1, 0.15) is 5.75 Å². The van der Waals surface area contributed by atoms with Crippen LogP contribution in [0.5, 0.6) is 5.75 Å². The Hall–Kier alpha value is -3.51. The lowest BCUT2D eigenvalue weighted by Gasteiger charge is -2.12. The number of amides is 2. The maximum absolute atomic E-state index is 12.8. The third kappa shape index (κ3) is 5.18. The predicted octanol–water partition coefficient (Wildman–Crippen LogP) is 5.66. The van der Waals surface area contributed by atoms with Gasteiger partial charge in [-0.25, -0.2) is 4.79 Å². The lowest BCUT2D eigenvalue weighted by atomic mass is 10.1. The smallest absolute Gasteiger partial charge is 0.344 e. The number of nitro groups is 1. The van der Waals surface area contributed by atoms with Crippen LogP contribution in [0.3, 0.4) is 0 Å². The van der Waals surface area contributed by atoms with Gasteiger partial charge in [-0.15, -0.1) is 0 Å². The van der Waals surface area contributed by atoms with Crippen molar-refractivity contribution in [2.45, 2.75) is 6.54 Å². The van der Waals surface area contributed by atoms with Gasteiger partial charge in [0.05, 0.1) is 21.9 Å². The number of halogens is 1. The summed E-state index contributed by atoms with van der Waals surface area (Å²) in [6, 6.07) is 19.6. The molecule has 0 saturated carbocycles. The number of ether oxygens (including phenoxy) is 1. The number of thioether (sulfide) groups is 1. The number of hydrogen-bond acceptors (Lipinski definition) is 7. The van der Waals surface area contributed by atoms with E-state index >= 15 is 0 Å². The topological polar surface area (TPSA) is 107 Å². The largest absolute Gasteiger partial charge is 0.423 e. The summed E-state index contributed by atoms with van der Waals surface area (Å²) in [5, 5.41) is 10.7. The Morgan fingerprint density at radius 3 is 2.41 bits per heavy atom. The van der Waals surface area contributed by atoms with Crippen molar-refractivity contribution in [3.05, 3.63) is 108 Å². The van der Waals surface area contributed by atoms with Crippen molar-refractivity contribution in [3.63, 3.8) is 0 Å². The lowest BCUT2D eigenvalue weighted by molar-refractivity contribution is -0.385. The molecule has 8 nitrogen and oxygen atoms in total. The third-order valence-electron chi connectivity index (χ3n) is 4.87. The molecule has 0 aromatic heterocycles. The summed E-state index contributed by atoms with van der Waals surface area (Å²) in [6.07, 6.45) is 1.55. The second-order valence-electron chi connectivity index (χ2n) is 7.09. The molecule has 0 unspecified atom stereocenters. The van der Waals surface area contributed by atoms with Crippen molar-refractivity contribution >= 4 is 63.2 Å². The number of nitro benzene ring substituents is 1. The molecule has 3 aromatic carbocycles. The second-order valence-corrected chi connectivity index (χ2v) is 9.25. The number of carbonyl (C=O) groups is 3. The van der Waals surface area contributed by atoms with E-state index in [0.717, 1.165) is 20.2 Å². The number of hydrogen-bond donors (Lipinski definition) is 0. The fourth-order valence-electron chi connectivity index (χ4n) is 3.20. The van der Waals surface area contributed by atoms with E-state index in [1.165, 1.54) is 18.2 Å². The number of rotatable bonds is 6. The SMILES string of the molecule is O=C(Oc1ccc(/C=C2\SC(=O)N(Cc3ccccc3[N+](=O)[O-])C2=O)cc1)c1ccccc1I. The maximum atomic E-state index is 12.8. The highest BCUT2D eigenvalue weighted by Crippen LogP contribution is 2.34. The van der Waals surface area contributed by atoms with Gasteiger partial charge in [-0.2, -0.15) is 0 Å². The van der Waals surface area contributed by atoms with Crippen molar-refractivity contribution in [1.82, 2.24) is 4.90 Å². The van der Waals surface area contributed by atoms with Gasteiger partial charge in [0.15, 0.2) is 0 Å². The summed E-state index contributed by atoms with van der Waals surface area (Å²) in [7, 11) is 0. The van der Waals surface area contributed by atoms with E-state index in [2.05, 4.69) is 22.6 Å². The molecule has 0 atom stereocenters. The summed E-state index contributed by atoms with van der Waals surface area (Å²) >= 11 is 2.83. The number of esters is 1. The number of carbonyl (C=O) groups excluding carboxylic acids is 3. The van der Waals surface area contributed by atoms with E-state index in [9.17, 15) is 24.5 Å². The first-order chi connectivity index (χ1) is 16.3. The van der Waals surface area contributed by atoms with Gasteiger partial charge in [-0.1, -0.05) is 42.5 Å². The summed E-state index contributed by atoms with van der Waals surface area (Å²) < 4.78 is 6.18. The Bertz CT molecular complexity index is 1340. The fraction of sp³-hybridized carbons (Fsp3) is 0.0417. The highest BCUT2D eigenvalue weighted by atomic mass is 127. The minimum Gasteiger partial charge on any atom is -0.423 e. The maximum Gasteiger partial charge on any atom is 0.344 e. The van der Waals surface area contributed by atoms with Gasteiger partial charge < -0.3 is 4.74 Å². The number of para-hydroxylation sites is 1. The number of nitrogens with zero attached hydrogens (tertiary/aromatic N) is 2. The molecule has 0 radical (unpaired) electrons. The molecule has 10 heteroatoms. The van der Waals surface area contributed by atoms with Gasteiger partial charge in [-0.05, 0) is 70.3 Å². The van der Waals surface area contributed by atoms with Crippen LogP contribution in [0.15, 0.2) is 77.7 Å². The van der Waals surface area contributed by atoms with Crippen LogP contribution in [0, 0.1) is 13.7 Å². The van der Waals surface area contributed by atoms with Crippen molar-refractivity contribution in [2.24, 2.45) is 0 Å². The van der Waals surface area contributed by atoms with Crippen LogP contribution in [0.25, 0.3) is 6.08 Å². The molecule has 1 heterocycles. The van der Waals surface area contributed by atoms with Crippen LogP contribution < -0.4 is 4.74 Å². The Balaban J connectivity index is 1.47. The molecule has 0 bridgehead atoms. The Kier molecular flexibility index (Phi) is 7.08.